The van der Waals surface area contributed by atoms with Crippen LogP contribution in [-0.2, 0) is 4.79 Å². The molecule has 176 valence electrons. The molecule has 2 aliphatic rings. The highest BCUT2D eigenvalue weighted by molar-refractivity contribution is 6.35. The molecule has 2 aromatic rings. The van der Waals surface area contributed by atoms with E-state index >= 15 is 0 Å². The number of carbonyl (C=O) groups excluding carboxylic acids is 2. The Kier molecular flexibility index (Phi) is 7.14. The van der Waals surface area contributed by atoms with Crippen LogP contribution in [0.1, 0.15) is 38.2 Å². The van der Waals surface area contributed by atoms with Crippen LogP contribution in [0.25, 0.3) is 0 Å². The first-order valence-corrected chi connectivity index (χ1v) is 11.9. The first-order chi connectivity index (χ1) is 15.8. The fourth-order valence-corrected chi connectivity index (χ4v) is 4.64. The molecule has 9 heteroatoms. The summed E-state index contributed by atoms with van der Waals surface area (Å²) in [7, 11) is 0. The predicted molar refractivity (Wildman–Crippen MR) is 132 cm³/mol. The quantitative estimate of drug-likeness (QED) is 0.619. The third-order valence-corrected chi connectivity index (χ3v) is 6.60. The Balaban J connectivity index is 1.67. The third kappa shape index (κ3) is 5.27. The van der Waals surface area contributed by atoms with Gasteiger partial charge in [0.25, 0.3) is 0 Å². The monoisotopic (exact) mass is 490 g/mol. The number of amides is 2. The van der Waals surface area contributed by atoms with Crippen LogP contribution in [-0.4, -0.2) is 43.7 Å². The Morgan fingerprint density at radius 1 is 1.18 bits per heavy atom. The van der Waals surface area contributed by atoms with Crippen molar-refractivity contribution < 1.29 is 14.3 Å². The van der Waals surface area contributed by atoms with E-state index in [-0.39, 0.29) is 35.2 Å². The molecular weight excluding hydrogens is 463 g/mol. The van der Waals surface area contributed by atoms with Crippen LogP contribution in [0, 0.1) is 0 Å². The molecule has 1 heterocycles. The van der Waals surface area contributed by atoms with Crippen LogP contribution in [0.15, 0.2) is 36.4 Å². The van der Waals surface area contributed by atoms with Crippen LogP contribution in [0.2, 0.25) is 10.0 Å². The van der Waals surface area contributed by atoms with Crippen molar-refractivity contribution in [1.82, 2.24) is 5.32 Å². The van der Waals surface area contributed by atoms with E-state index in [1.165, 1.54) is 25.8 Å². The zero-order chi connectivity index (χ0) is 23.7. The molecule has 0 saturated heterocycles. The highest BCUT2D eigenvalue weighted by atomic mass is 35.5. The Morgan fingerprint density at radius 3 is 2.58 bits per heavy atom. The molecule has 1 aliphatic heterocycles. The molecule has 2 atom stereocenters. The van der Waals surface area contributed by atoms with E-state index in [1.54, 1.807) is 21.9 Å². The standard InChI is InChI=1S/C24H28Cl2N4O3/c1-14-13-29(24(32)33-23-8-4-18(25)10-20(23)26)22-9-16(3-7-21(22)30(14)15(2)31)17(11-27)12-28-19-5-6-19/h3-4,7-10,14,17,19,28H,5-6,11-13,27H2,1-2H3/t14-,17?/m0/s1. The van der Waals surface area contributed by atoms with E-state index < -0.39 is 6.09 Å². The molecule has 4 rings (SSSR count). The SMILES string of the molecule is CC(=O)N1c2ccc(C(CN)CNC3CC3)cc2N(C(=O)Oc2ccc(Cl)cc2Cl)C[C@@H]1C. The number of ether oxygens (including phenoxy) is 1. The Labute approximate surface area is 203 Å². The van der Waals surface area contributed by atoms with Gasteiger partial charge in [-0.05, 0) is 55.7 Å². The molecule has 7 nitrogen and oxygen atoms in total. The fourth-order valence-electron chi connectivity index (χ4n) is 4.19. The molecule has 1 fully saturated rings. The number of benzene rings is 2. The molecule has 3 N–H and O–H groups in total. The number of nitrogens with one attached hydrogen (secondary N) is 1. The number of fused-ring (bicyclic) bond motifs is 1. The van der Waals surface area contributed by atoms with Gasteiger partial charge in [-0.1, -0.05) is 29.3 Å². The van der Waals surface area contributed by atoms with E-state index in [1.807, 2.05) is 25.1 Å². The second kappa shape index (κ2) is 9.89. The van der Waals surface area contributed by atoms with Crippen LogP contribution >= 0.6 is 23.2 Å². The van der Waals surface area contributed by atoms with Crippen molar-refractivity contribution in [2.24, 2.45) is 5.73 Å². The summed E-state index contributed by atoms with van der Waals surface area (Å²) in [4.78, 5) is 28.9. The van der Waals surface area contributed by atoms with Crippen LogP contribution < -0.4 is 25.6 Å². The first kappa shape index (κ1) is 23.8. The number of halogens is 2. The van der Waals surface area contributed by atoms with Gasteiger partial charge in [0.2, 0.25) is 5.91 Å². The van der Waals surface area contributed by atoms with Crippen molar-refractivity contribution in [1.29, 1.82) is 0 Å². The van der Waals surface area contributed by atoms with Gasteiger partial charge in [0.1, 0.15) is 0 Å². The Morgan fingerprint density at radius 2 is 1.94 bits per heavy atom. The van der Waals surface area contributed by atoms with Crippen molar-refractivity contribution in [2.45, 2.75) is 44.7 Å². The van der Waals surface area contributed by atoms with Crippen molar-refractivity contribution >= 4 is 46.6 Å². The van der Waals surface area contributed by atoms with Gasteiger partial charge in [0.05, 0.1) is 22.4 Å². The number of anilines is 2. The van der Waals surface area contributed by atoms with E-state index in [0.717, 1.165) is 12.1 Å². The highest BCUT2D eigenvalue weighted by Gasteiger charge is 2.35. The summed E-state index contributed by atoms with van der Waals surface area (Å²) >= 11 is 12.2. The topological polar surface area (TPSA) is 87.9 Å². The maximum Gasteiger partial charge on any atom is 0.419 e. The van der Waals surface area contributed by atoms with Gasteiger partial charge in [-0.25, -0.2) is 4.79 Å². The van der Waals surface area contributed by atoms with Gasteiger partial charge in [0, 0.05) is 43.5 Å². The lowest BCUT2D eigenvalue weighted by Crippen LogP contribution is -2.52. The summed E-state index contributed by atoms with van der Waals surface area (Å²) in [5.41, 5.74) is 8.35. The molecule has 0 bridgehead atoms. The van der Waals surface area contributed by atoms with E-state index in [9.17, 15) is 9.59 Å². The van der Waals surface area contributed by atoms with Gasteiger partial charge < -0.3 is 20.7 Å². The molecular formula is C24H28Cl2N4O3. The van der Waals surface area contributed by atoms with E-state index in [4.69, 9.17) is 33.7 Å². The van der Waals surface area contributed by atoms with Gasteiger partial charge >= 0.3 is 6.09 Å². The molecule has 0 aromatic heterocycles. The smallest absolute Gasteiger partial charge is 0.408 e. The lowest BCUT2D eigenvalue weighted by atomic mass is 9.96. The average molecular weight is 491 g/mol. The van der Waals surface area contributed by atoms with Crippen molar-refractivity contribution in [3.63, 3.8) is 0 Å². The molecule has 2 amide bonds. The molecule has 1 saturated carbocycles. The number of carbonyl (C=O) groups is 2. The number of nitrogens with two attached hydrogens (primary N) is 1. The lowest BCUT2D eigenvalue weighted by Gasteiger charge is -2.40. The summed E-state index contributed by atoms with van der Waals surface area (Å²) in [5, 5.41) is 4.22. The van der Waals surface area contributed by atoms with E-state index in [0.29, 0.717) is 29.0 Å². The maximum absolute atomic E-state index is 13.2. The highest BCUT2D eigenvalue weighted by Crippen LogP contribution is 2.39. The first-order valence-electron chi connectivity index (χ1n) is 11.1. The zero-order valence-electron chi connectivity index (χ0n) is 18.7. The normalized spacial score (nSPS) is 18.6. The minimum absolute atomic E-state index is 0.0870. The van der Waals surface area contributed by atoms with Crippen molar-refractivity contribution in [2.75, 3.05) is 29.4 Å². The Hall–Kier alpha value is -2.32. The minimum Gasteiger partial charge on any atom is -0.408 e. The number of hydrogen-bond donors (Lipinski definition) is 2. The maximum atomic E-state index is 13.2. The third-order valence-electron chi connectivity index (χ3n) is 6.07. The number of rotatable bonds is 6. The lowest BCUT2D eigenvalue weighted by molar-refractivity contribution is -0.117. The summed E-state index contributed by atoms with van der Waals surface area (Å²) in [6.07, 6.45) is 1.81. The zero-order valence-corrected chi connectivity index (χ0v) is 20.2. The van der Waals surface area contributed by atoms with Crippen molar-refractivity contribution in [3.8, 4) is 5.75 Å². The molecule has 0 radical (unpaired) electrons. The van der Waals surface area contributed by atoms with Gasteiger partial charge in [-0.2, -0.15) is 0 Å². The molecule has 1 aliphatic carbocycles. The summed E-state index contributed by atoms with van der Waals surface area (Å²) < 4.78 is 5.61. The molecule has 33 heavy (non-hydrogen) atoms. The largest absolute Gasteiger partial charge is 0.419 e. The molecule has 1 unspecified atom stereocenters. The van der Waals surface area contributed by atoms with Crippen LogP contribution in [0.5, 0.6) is 5.75 Å². The summed E-state index contributed by atoms with van der Waals surface area (Å²) in [5.74, 6) is 0.222. The van der Waals surface area contributed by atoms with Crippen LogP contribution in [0.4, 0.5) is 16.2 Å². The van der Waals surface area contributed by atoms with Crippen LogP contribution in [0.3, 0.4) is 0 Å². The summed E-state index contributed by atoms with van der Waals surface area (Å²) in [6, 6.07) is 10.8. The summed E-state index contributed by atoms with van der Waals surface area (Å²) in [6.45, 7) is 4.94. The average Bonchev–Trinajstić information content (AvgIpc) is 3.59. The molecule has 0 spiro atoms. The van der Waals surface area contributed by atoms with Gasteiger partial charge in [0.15, 0.2) is 5.75 Å². The minimum atomic E-state index is -0.576. The van der Waals surface area contributed by atoms with Crippen molar-refractivity contribution in [3.05, 3.63) is 52.0 Å². The number of nitrogens with zero attached hydrogens (tertiary/aromatic N) is 2. The van der Waals surface area contributed by atoms with Gasteiger partial charge in [-0.15, -0.1) is 0 Å². The predicted octanol–water partition coefficient (Wildman–Crippen LogP) is 4.55. The fraction of sp³-hybridized carbons (Fsp3) is 0.417. The Bertz CT molecular complexity index is 1060. The number of hydrogen-bond acceptors (Lipinski definition) is 5. The van der Waals surface area contributed by atoms with Gasteiger partial charge in [-0.3, -0.25) is 9.69 Å². The molecule has 2 aromatic carbocycles. The second-order valence-corrected chi connectivity index (χ2v) is 9.50. The second-order valence-electron chi connectivity index (χ2n) is 8.65. The van der Waals surface area contributed by atoms with E-state index in [2.05, 4.69) is 5.32 Å².